The molecule has 1 aliphatic heterocycles. The minimum Gasteiger partial charge on any atom is -0.469 e. The van der Waals surface area contributed by atoms with Crippen molar-refractivity contribution in [3.63, 3.8) is 0 Å². The zero-order valence-electron chi connectivity index (χ0n) is 7.51. The van der Waals surface area contributed by atoms with Crippen LogP contribution in [-0.2, 0) is 9.59 Å². The molecule has 0 saturated heterocycles. The fourth-order valence-corrected chi connectivity index (χ4v) is 1.29. The van der Waals surface area contributed by atoms with Crippen molar-refractivity contribution in [2.24, 2.45) is 0 Å². The summed E-state index contributed by atoms with van der Waals surface area (Å²) in [6, 6.07) is 3.35. The fourth-order valence-electron chi connectivity index (χ4n) is 1.29. The lowest BCUT2D eigenvalue weighted by atomic mass is 10.2. The molecule has 1 amide bonds. The first-order chi connectivity index (χ1) is 6.74. The van der Waals surface area contributed by atoms with E-state index in [4.69, 9.17) is 4.74 Å². The Morgan fingerprint density at radius 1 is 1.64 bits per heavy atom. The molecule has 1 aliphatic rings. The number of hydrogen-bond donors (Lipinski definition) is 0. The highest BCUT2D eigenvalue weighted by Gasteiger charge is 2.32. The fraction of sp³-hybridized carbons (Fsp3) is 0.222. The van der Waals surface area contributed by atoms with E-state index in [9.17, 15) is 9.59 Å². The molecule has 72 valence electrons. The zero-order valence-corrected chi connectivity index (χ0v) is 7.51. The molecule has 1 aromatic heterocycles. The molecule has 1 unspecified atom stereocenters. The average Bonchev–Trinajstić information content (AvgIpc) is 2.23. The van der Waals surface area contributed by atoms with E-state index in [1.165, 1.54) is 4.90 Å². The molecule has 1 atom stereocenters. The van der Waals surface area contributed by atoms with E-state index in [1.807, 2.05) is 0 Å². The highest BCUT2D eigenvalue weighted by Crippen LogP contribution is 2.29. The third-order valence-corrected chi connectivity index (χ3v) is 2.02. The monoisotopic (exact) mass is 192 g/mol. The van der Waals surface area contributed by atoms with Gasteiger partial charge in [0.05, 0.1) is 0 Å². The third kappa shape index (κ3) is 1.14. The standard InChI is InChI=1S/C9H8N2O3/c1-11-8-6(3-2-4-10-8)14-7(5-12)9(11)13/h2-5,7H,1H3. The molecule has 0 aromatic carbocycles. The SMILES string of the molecule is CN1C(=O)C(C=O)Oc2cccnc21. The summed E-state index contributed by atoms with van der Waals surface area (Å²) < 4.78 is 5.14. The summed E-state index contributed by atoms with van der Waals surface area (Å²) in [5.74, 6) is 0.494. The zero-order chi connectivity index (χ0) is 10.1. The van der Waals surface area contributed by atoms with Crippen molar-refractivity contribution in [3.8, 4) is 5.75 Å². The van der Waals surface area contributed by atoms with Crippen LogP contribution in [0.5, 0.6) is 5.75 Å². The van der Waals surface area contributed by atoms with Crippen molar-refractivity contribution in [2.45, 2.75) is 6.10 Å². The third-order valence-electron chi connectivity index (χ3n) is 2.02. The van der Waals surface area contributed by atoms with Crippen molar-refractivity contribution in [3.05, 3.63) is 18.3 Å². The Morgan fingerprint density at radius 2 is 2.43 bits per heavy atom. The summed E-state index contributed by atoms with van der Waals surface area (Å²) in [5, 5.41) is 0. The molecule has 1 aromatic rings. The van der Waals surface area contributed by atoms with Gasteiger partial charge in [-0.3, -0.25) is 14.5 Å². The van der Waals surface area contributed by atoms with Crippen LogP contribution in [-0.4, -0.2) is 30.3 Å². The topological polar surface area (TPSA) is 59.5 Å². The van der Waals surface area contributed by atoms with Crippen molar-refractivity contribution in [1.29, 1.82) is 0 Å². The predicted octanol–water partition coefficient (Wildman–Crippen LogP) is 0.00430. The minimum absolute atomic E-state index is 0.397. The van der Waals surface area contributed by atoms with E-state index >= 15 is 0 Å². The molecule has 0 aliphatic carbocycles. The van der Waals surface area contributed by atoms with Crippen molar-refractivity contribution in [1.82, 2.24) is 4.98 Å². The molecule has 0 radical (unpaired) electrons. The molecule has 2 heterocycles. The van der Waals surface area contributed by atoms with Crippen LogP contribution in [0.25, 0.3) is 0 Å². The maximum atomic E-state index is 11.4. The van der Waals surface area contributed by atoms with Crippen LogP contribution in [0.4, 0.5) is 5.82 Å². The number of rotatable bonds is 1. The van der Waals surface area contributed by atoms with Crippen molar-refractivity contribution < 1.29 is 14.3 Å². The number of fused-ring (bicyclic) bond motifs is 1. The first-order valence-corrected chi connectivity index (χ1v) is 4.08. The quantitative estimate of drug-likeness (QED) is 0.464. The Hall–Kier alpha value is -1.91. The Morgan fingerprint density at radius 3 is 3.14 bits per heavy atom. The summed E-state index contributed by atoms with van der Waals surface area (Å²) in [6.07, 6.45) is 0.999. The van der Waals surface area contributed by atoms with Crippen LogP contribution < -0.4 is 9.64 Å². The van der Waals surface area contributed by atoms with E-state index in [2.05, 4.69) is 4.98 Å². The van der Waals surface area contributed by atoms with E-state index < -0.39 is 12.0 Å². The maximum Gasteiger partial charge on any atom is 0.276 e. The lowest BCUT2D eigenvalue weighted by Gasteiger charge is -2.27. The van der Waals surface area contributed by atoms with E-state index in [0.29, 0.717) is 17.9 Å². The average molecular weight is 192 g/mol. The molecule has 5 heteroatoms. The van der Waals surface area contributed by atoms with Gasteiger partial charge in [0.2, 0.25) is 6.10 Å². The normalized spacial score (nSPS) is 19.9. The van der Waals surface area contributed by atoms with Crippen LogP contribution in [0.15, 0.2) is 18.3 Å². The highest BCUT2D eigenvalue weighted by molar-refractivity contribution is 6.06. The molecule has 0 N–H and O–H groups in total. The van der Waals surface area contributed by atoms with Gasteiger partial charge in [0.1, 0.15) is 0 Å². The Labute approximate surface area is 80.3 Å². The lowest BCUT2D eigenvalue weighted by molar-refractivity contribution is -0.131. The van der Waals surface area contributed by atoms with E-state index in [0.717, 1.165) is 0 Å². The summed E-state index contributed by atoms with van der Waals surface area (Å²) >= 11 is 0. The van der Waals surface area contributed by atoms with Crippen molar-refractivity contribution in [2.75, 3.05) is 11.9 Å². The van der Waals surface area contributed by atoms with Gasteiger partial charge in [0.25, 0.3) is 5.91 Å². The smallest absolute Gasteiger partial charge is 0.276 e. The second-order valence-corrected chi connectivity index (χ2v) is 2.90. The number of ether oxygens (including phenoxy) is 1. The molecule has 0 spiro atoms. The summed E-state index contributed by atoms with van der Waals surface area (Å²) in [6.45, 7) is 0. The van der Waals surface area contributed by atoms with Crippen LogP contribution >= 0.6 is 0 Å². The Kier molecular flexibility index (Phi) is 1.92. The van der Waals surface area contributed by atoms with Crippen LogP contribution in [0.1, 0.15) is 0 Å². The van der Waals surface area contributed by atoms with E-state index in [1.54, 1.807) is 25.4 Å². The number of likely N-dealkylation sites (N-methyl/N-ethyl adjacent to an activating group) is 1. The summed E-state index contributed by atoms with van der Waals surface area (Å²) in [7, 11) is 1.56. The van der Waals surface area contributed by atoms with Gasteiger partial charge in [-0.05, 0) is 12.1 Å². The minimum atomic E-state index is -1.04. The molecular weight excluding hydrogens is 184 g/mol. The van der Waals surface area contributed by atoms with Gasteiger partial charge in [-0.15, -0.1) is 0 Å². The first-order valence-electron chi connectivity index (χ1n) is 4.08. The second kappa shape index (κ2) is 3.10. The number of carbonyl (C=O) groups excluding carboxylic acids is 2. The molecule has 5 nitrogen and oxygen atoms in total. The number of pyridine rings is 1. The molecule has 0 bridgehead atoms. The Balaban J connectivity index is 2.47. The van der Waals surface area contributed by atoms with Crippen LogP contribution in [0.3, 0.4) is 0 Å². The number of hydrogen-bond acceptors (Lipinski definition) is 4. The van der Waals surface area contributed by atoms with E-state index in [-0.39, 0.29) is 0 Å². The maximum absolute atomic E-state index is 11.4. The van der Waals surface area contributed by atoms with Crippen molar-refractivity contribution >= 4 is 18.0 Å². The van der Waals surface area contributed by atoms with Crippen LogP contribution in [0, 0.1) is 0 Å². The summed E-state index contributed by atoms with van der Waals surface area (Å²) in [5.41, 5.74) is 0. The number of amides is 1. The molecule has 14 heavy (non-hydrogen) atoms. The first kappa shape index (κ1) is 8.68. The molecular formula is C9H8N2O3. The Bertz CT molecular complexity index is 391. The molecule has 2 rings (SSSR count). The highest BCUT2D eigenvalue weighted by atomic mass is 16.5. The second-order valence-electron chi connectivity index (χ2n) is 2.90. The largest absolute Gasteiger partial charge is 0.469 e. The predicted molar refractivity (Wildman–Crippen MR) is 48.1 cm³/mol. The van der Waals surface area contributed by atoms with Gasteiger partial charge in [-0.1, -0.05) is 0 Å². The van der Waals surface area contributed by atoms with Gasteiger partial charge in [-0.2, -0.15) is 0 Å². The molecule has 0 fully saturated rings. The van der Waals surface area contributed by atoms with Crippen LogP contribution in [0.2, 0.25) is 0 Å². The summed E-state index contributed by atoms with van der Waals surface area (Å²) in [4.78, 5) is 27.3. The number of nitrogens with zero attached hydrogens (tertiary/aromatic N) is 2. The van der Waals surface area contributed by atoms with Gasteiger partial charge < -0.3 is 4.74 Å². The number of anilines is 1. The van der Waals surface area contributed by atoms with Gasteiger partial charge in [0.15, 0.2) is 17.9 Å². The lowest BCUT2D eigenvalue weighted by Crippen LogP contribution is -2.45. The van der Waals surface area contributed by atoms with Gasteiger partial charge in [-0.25, -0.2) is 4.98 Å². The number of carbonyl (C=O) groups is 2. The number of aromatic nitrogens is 1. The number of aldehydes is 1. The van der Waals surface area contributed by atoms with Gasteiger partial charge in [0, 0.05) is 13.2 Å². The van der Waals surface area contributed by atoms with Gasteiger partial charge >= 0.3 is 0 Å². The molecule has 0 saturated carbocycles.